The summed E-state index contributed by atoms with van der Waals surface area (Å²) in [4.78, 5) is 19.6. The SMILES string of the molecule is CO[N+](=O)c1cnccc1C. The molecule has 0 atom stereocenters. The zero-order chi connectivity index (χ0) is 8.27. The molecule has 0 radical (unpaired) electrons. The van der Waals surface area contributed by atoms with Gasteiger partial charge in [-0.05, 0) is 13.0 Å². The van der Waals surface area contributed by atoms with E-state index in [0.29, 0.717) is 10.6 Å². The number of aryl methyl sites for hydroxylation is 1. The molecule has 0 aromatic carbocycles. The van der Waals surface area contributed by atoms with Gasteiger partial charge in [0.25, 0.3) is 4.92 Å². The highest BCUT2D eigenvalue weighted by atomic mass is 16.8. The van der Waals surface area contributed by atoms with Crippen LogP contribution in [0.3, 0.4) is 0 Å². The monoisotopic (exact) mass is 153 g/mol. The fourth-order valence-electron chi connectivity index (χ4n) is 0.745. The molecule has 1 aromatic rings. The minimum Gasteiger partial charge on any atom is -0.257 e. The molecule has 0 bridgehead atoms. The van der Waals surface area contributed by atoms with Gasteiger partial charge in [0, 0.05) is 11.8 Å². The van der Waals surface area contributed by atoms with Crippen LogP contribution in [0.25, 0.3) is 0 Å². The van der Waals surface area contributed by atoms with E-state index in [0.717, 1.165) is 5.56 Å². The van der Waals surface area contributed by atoms with E-state index in [9.17, 15) is 4.91 Å². The number of aromatic nitrogens is 1. The van der Waals surface area contributed by atoms with Gasteiger partial charge in [-0.3, -0.25) is 4.98 Å². The van der Waals surface area contributed by atoms with Crippen LogP contribution < -0.4 is 0 Å². The highest BCUT2D eigenvalue weighted by Crippen LogP contribution is 2.14. The Morgan fingerprint density at radius 1 is 1.64 bits per heavy atom. The summed E-state index contributed by atoms with van der Waals surface area (Å²) in [5, 5.41) is 0. The van der Waals surface area contributed by atoms with Crippen molar-refractivity contribution in [2.24, 2.45) is 0 Å². The first-order chi connectivity index (χ1) is 5.25. The van der Waals surface area contributed by atoms with Gasteiger partial charge in [-0.1, -0.05) is 0 Å². The van der Waals surface area contributed by atoms with Crippen molar-refractivity contribution in [3.8, 4) is 0 Å². The zero-order valence-corrected chi connectivity index (χ0v) is 6.44. The quantitative estimate of drug-likeness (QED) is 0.602. The number of hydrogen-bond acceptors (Lipinski definition) is 3. The molecule has 0 saturated carbocycles. The molecule has 1 rings (SSSR count). The van der Waals surface area contributed by atoms with Crippen LogP contribution in [0.5, 0.6) is 0 Å². The summed E-state index contributed by atoms with van der Waals surface area (Å²) in [7, 11) is 1.32. The van der Waals surface area contributed by atoms with Gasteiger partial charge >= 0.3 is 5.69 Å². The van der Waals surface area contributed by atoms with E-state index in [2.05, 4.69) is 9.82 Å². The predicted molar refractivity (Wildman–Crippen MR) is 39.3 cm³/mol. The Bertz CT molecular complexity index is 273. The lowest BCUT2D eigenvalue weighted by atomic mass is 10.3. The van der Waals surface area contributed by atoms with Crippen molar-refractivity contribution in [2.45, 2.75) is 6.92 Å². The summed E-state index contributed by atoms with van der Waals surface area (Å²) in [5.74, 6) is 0. The van der Waals surface area contributed by atoms with Crippen LogP contribution >= 0.6 is 0 Å². The Balaban J connectivity index is 3.03. The molecule has 0 aliphatic heterocycles. The number of rotatable bonds is 2. The summed E-state index contributed by atoms with van der Waals surface area (Å²) in [6.45, 7) is 1.82. The summed E-state index contributed by atoms with van der Waals surface area (Å²) >= 11 is 0. The van der Waals surface area contributed by atoms with Crippen molar-refractivity contribution in [2.75, 3.05) is 7.11 Å². The summed E-state index contributed by atoms with van der Waals surface area (Å²) in [6, 6.07) is 1.75. The fraction of sp³-hybridized carbons (Fsp3) is 0.286. The third kappa shape index (κ3) is 1.52. The molecule has 0 saturated heterocycles. The number of hydrogen-bond donors (Lipinski definition) is 0. The van der Waals surface area contributed by atoms with Gasteiger partial charge in [-0.2, -0.15) is 0 Å². The van der Waals surface area contributed by atoms with E-state index in [-0.39, 0.29) is 0 Å². The minimum absolute atomic E-state index is 0.433. The van der Waals surface area contributed by atoms with Crippen LogP contribution in [0.1, 0.15) is 5.56 Å². The molecule has 4 heteroatoms. The van der Waals surface area contributed by atoms with Crippen LogP contribution in [0.4, 0.5) is 5.69 Å². The lowest BCUT2D eigenvalue weighted by molar-refractivity contribution is -0.737. The maximum Gasteiger partial charge on any atom is 0.337 e. The maximum absolute atomic E-state index is 10.9. The molecule has 1 aromatic heterocycles. The molecule has 11 heavy (non-hydrogen) atoms. The van der Waals surface area contributed by atoms with Gasteiger partial charge < -0.3 is 0 Å². The zero-order valence-electron chi connectivity index (χ0n) is 6.44. The van der Waals surface area contributed by atoms with E-state index >= 15 is 0 Å². The lowest BCUT2D eigenvalue weighted by Gasteiger charge is -1.90. The first-order valence-electron chi connectivity index (χ1n) is 3.17. The minimum atomic E-state index is 0.433. The topological polar surface area (TPSA) is 42.2 Å². The second-order valence-electron chi connectivity index (χ2n) is 2.10. The van der Waals surface area contributed by atoms with Crippen LogP contribution in [0, 0.1) is 11.8 Å². The molecule has 1 heterocycles. The van der Waals surface area contributed by atoms with Gasteiger partial charge in [0.2, 0.25) is 0 Å². The van der Waals surface area contributed by atoms with E-state index in [1.54, 1.807) is 12.3 Å². The van der Waals surface area contributed by atoms with Crippen molar-refractivity contribution < 1.29 is 9.76 Å². The van der Waals surface area contributed by atoms with Gasteiger partial charge in [-0.25, -0.2) is 4.84 Å². The molecular formula is C7H9N2O2+. The smallest absolute Gasteiger partial charge is 0.257 e. The van der Waals surface area contributed by atoms with Crippen molar-refractivity contribution >= 4 is 5.69 Å². The summed E-state index contributed by atoms with van der Waals surface area (Å²) in [5.41, 5.74) is 1.28. The van der Waals surface area contributed by atoms with Gasteiger partial charge in [-0.15, -0.1) is 0 Å². The fourth-order valence-corrected chi connectivity index (χ4v) is 0.745. The Hall–Kier alpha value is -1.45. The summed E-state index contributed by atoms with van der Waals surface area (Å²) in [6.07, 6.45) is 3.09. The van der Waals surface area contributed by atoms with Crippen molar-refractivity contribution in [3.63, 3.8) is 0 Å². The Morgan fingerprint density at radius 2 is 2.36 bits per heavy atom. The molecule has 4 nitrogen and oxygen atoms in total. The number of pyridine rings is 1. The van der Waals surface area contributed by atoms with E-state index in [1.165, 1.54) is 13.3 Å². The highest BCUT2D eigenvalue weighted by Gasteiger charge is 2.16. The van der Waals surface area contributed by atoms with E-state index in [4.69, 9.17) is 0 Å². The van der Waals surface area contributed by atoms with E-state index < -0.39 is 0 Å². The molecule has 0 amide bonds. The predicted octanol–water partition coefficient (Wildman–Crippen LogP) is 1.36. The molecule has 0 fully saturated rings. The average molecular weight is 153 g/mol. The number of nitrogens with zero attached hydrogens (tertiary/aromatic N) is 2. The van der Waals surface area contributed by atoms with Gasteiger partial charge in [0.15, 0.2) is 7.11 Å². The lowest BCUT2D eigenvalue weighted by Crippen LogP contribution is -1.99. The molecule has 0 spiro atoms. The summed E-state index contributed by atoms with van der Waals surface area (Å²) < 4.78 is 0. The first-order valence-corrected chi connectivity index (χ1v) is 3.17. The second-order valence-corrected chi connectivity index (χ2v) is 2.10. The van der Waals surface area contributed by atoms with Gasteiger partial charge in [0.1, 0.15) is 6.20 Å². The first kappa shape index (κ1) is 7.65. The molecule has 0 N–H and O–H groups in total. The molecule has 58 valence electrons. The average Bonchev–Trinajstić information content (AvgIpc) is 2.04. The van der Waals surface area contributed by atoms with Crippen LogP contribution in [0.15, 0.2) is 18.5 Å². The van der Waals surface area contributed by atoms with Crippen molar-refractivity contribution in [1.82, 2.24) is 4.98 Å². The molecular weight excluding hydrogens is 144 g/mol. The highest BCUT2D eigenvalue weighted by molar-refractivity contribution is 5.34. The largest absolute Gasteiger partial charge is 0.337 e. The Kier molecular flexibility index (Phi) is 2.15. The maximum atomic E-state index is 10.9. The van der Waals surface area contributed by atoms with Crippen LogP contribution in [-0.4, -0.2) is 17.0 Å². The van der Waals surface area contributed by atoms with Gasteiger partial charge in [0.05, 0.1) is 4.91 Å². The molecule has 0 aliphatic carbocycles. The standard InChI is InChI=1S/C7H9N2O2/c1-6-3-4-8-5-7(6)9(10)11-2/h3-5H,1-2H3/q+1. The third-order valence-corrected chi connectivity index (χ3v) is 1.37. The Labute approximate surface area is 64.4 Å². The van der Waals surface area contributed by atoms with E-state index in [1.807, 2.05) is 6.92 Å². The molecule has 0 aliphatic rings. The molecule has 0 unspecified atom stereocenters. The van der Waals surface area contributed by atoms with Crippen LogP contribution in [0.2, 0.25) is 0 Å². The van der Waals surface area contributed by atoms with Crippen molar-refractivity contribution in [1.29, 1.82) is 0 Å². The van der Waals surface area contributed by atoms with Crippen LogP contribution in [-0.2, 0) is 4.84 Å². The third-order valence-electron chi connectivity index (χ3n) is 1.37. The van der Waals surface area contributed by atoms with Crippen molar-refractivity contribution in [3.05, 3.63) is 28.9 Å². The second kappa shape index (κ2) is 3.09. The normalized spacial score (nSPS) is 9.27. The Morgan fingerprint density at radius 3 is 2.91 bits per heavy atom.